The first-order valence-electron chi connectivity index (χ1n) is 5.07. The molecule has 0 spiro atoms. The third-order valence-electron chi connectivity index (χ3n) is 2.97. The maximum absolute atomic E-state index is 11.6. The highest BCUT2D eigenvalue weighted by molar-refractivity contribution is 5.90. The number of ether oxygens (including phenoxy) is 1. The molecule has 1 aromatic rings. The SMILES string of the molecule is COc1ccc(C2(O)CCCC2=O)cc1. The quantitative estimate of drug-likeness (QED) is 0.800. The third-order valence-corrected chi connectivity index (χ3v) is 2.97. The van der Waals surface area contributed by atoms with Gasteiger partial charge in [0.1, 0.15) is 11.4 Å². The number of hydrogen-bond acceptors (Lipinski definition) is 3. The molecule has 0 radical (unpaired) electrons. The Morgan fingerprint density at radius 3 is 2.47 bits per heavy atom. The lowest BCUT2D eigenvalue weighted by atomic mass is 9.91. The number of methoxy groups -OCH3 is 1. The Morgan fingerprint density at radius 1 is 1.33 bits per heavy atom. The summed E-state index contributed by atoms with van der Waals surface area (Å²) >= 11 is 0. The summed E-state index contributed by atoms with van der Waals surface area (Å²) in [5, 5.41) is 10.2. The van der Waals surface area contributed by atoms with Crippen LogP contribution < -0.4 is 4.74 Å². The molecule has 1 atom stereocenters. The van der Waals surface area contributed by atoms with Gasteiger partial charge in [0, 0.05) is 6.42 Å². The number of rotatable bonds is 2. The number of ketones is 1. The number of carbonyl (C=O) groups excluding carboxylic acids is 1. The van der Waals surface area contributed by atoms with Crippen molar-refractivity contribution in [3.63, 3.8) is 0 Å². The minimum absolute atomic E-state index is 0.0762. The van der Waals surface area contributed by atoms with Crippen LogP contribution in [-0.2, 0) is 10.4 Å². The number of Topliss-reactive ketones (excluding diaryl/α,β-unsaturated/α-hetero) is 1. The molecule has 1 aromatic carbocycles. The van der Waals surface area contributed by atoms with Gasteiger partial charge in [-0.25, -0.2) is 0 Å². The van der Waals surface area contributed by atoms with Crippen molar-refractivity contribution in [2.75, 3.05) is 7.11 Å². The van der Waals surface area contributed by atoms with Crippen molar-refractivity contribution >= 4 is 5.78 Å². The second-order valence-corrected chi connectivity index (χ2v) is 3.87. The van der Waals surface area contributed by atoms with E-state index in [1.54, 1.807) is 31.4 Å². The molecular formula is C12H14O3. The molecule has 0 bridgehead atoms. The van der Waals surface area contributed by atoms with Crippen molar-refractivity contribution in [1.82, 2.24) is 0 Å². The Balaban J connectivity index is 2.32. The molecule has 0 heterocycles. The van der Waals surface area contributed by atoms with Crippen LogP contribution in [0.4, 0.5) is 0 Å². The molecule has 15 heavy (non-hydrogen) atoms. The summed E-state index contributed by atoms with van der Waals surface area (Å²) < 4.78 is 5.03. The van der Waals surface area contributed by atoms with E-state index in [4.69, 9.17) is 4.74 Å². The topological polar surface area (TPSA) is 46.5 Å². The molecular weight excluding hydrogens is 192 g/mol. The standard InChI is InChI=1S/C12H14O3/c1-15-10-6-4-9(5-7-10)12(14)8-2-3-11(12)13/h4-7,14H,2-3,8H2,1H3. The number of carbonyl (C=O) groups is 1. The predicted molar refractivity (Wildman–Crippen MR) is 55.7 cm³/mol. The van der Waals surface area contributed by atoms with E-state index < -0.39 is 5.60 Å². The first-order valence-corrected chi connectivity index (χ1v) is 5.07. The van der Waals surface area contributed by atoms with Crippen molar-refractivity contribution in [3.05, 3.63) is 29.8 Å². The third kappa shape index (κ3) is 1.63. The van der Waals surface area contributed by atoms with Gasteiger partial charge in [-0.15, -0.1) is 0 Å². The maximum atomic E-state index is 11.6. The second-order valence-electron chi connectivity index (χ2n) is 3.87. The molecule has 3 nitrogen and oxygen atoms in total. The minimum Gasteiger partial charge on any atom is -0.497 e. The van der Waals surface area contributed by atoms with Crippen molar-refractivity contribution in [1.29, 1.82) is 0 Å². The molecule has 1 unspecified atom stereocenters. The molecule has 0 amide bonds. The normalized spacial score (nSPS) is 25.6. The van der Waals surface area contributed by atoms with Gasteiger partial charge >= 0.3 is 0 Å². The largest absolute Gasteiger partial charge is 0.497 e. The van der Waals surface area contributed by atoms with E-state index in [9.17, 15) is 9.90 Å². The first-order chi connectivity index (χ1) is 7.16. The Bertz CT molecular complexity index is 369. The van der Waals surface area contributed by atoms with Gasteiger partial charge in [-0.05, 0) is 30.5 Å². The van der Waals surface area contributed by atoms with Gasteiger partial charge in [0.15, 0.2) is 5.78 Å². The summed E-state index contributed by atoms with van der Waals surface area (Å²) in [6.07, 6.45) is 1.77. The summed E-state index contributed by atoms with van der Waals surface area (Å²) in [5.41, 5.74) is -0.586. The fraction of sp³-hybridized carbons (Fsp3) is 0.417. The lowest BCUT2D eigenvalue weighted by Crippen LogP contribution is -2.30. The summed E-state index contributed by atoms with van der Waals surface area (Å²) in [4.78, 5) is 11.6. The molecule has 3 heteroatoms. The minimum atomic E-state index is -1.26. The monoisotopic (exact) mass is 206 g/mol. The van der Waals surface area contributed by atoms with Crippen molar-refractivity contribution in [2.24, 2.45) is 0 Å². The van der Waals surface area contributed by atoms with Gasteiger partial charge in [0.05, 0.1) is 7.11 Å². The molecule has 1 aliphatic rings. The number of hydrogen-bond donors (Lipinski definition) is 1. The van der Waals surface area contributed by atoms with Crippen LogP contribution in [0.15, 0.2) is 24.3 Å². The van der Waals surface area contributed by atoms with Gasteiger partial charge in [0.25, 0.3) is 0 Å². The zero-order valence-electron chi connectivity index (χ0n) is 8.69. The highest BCUT2D eigenvalue weighted by atomic mass is 16.5. The Labute approximate surface area is 88.7 Å². The summed E-state index contributed by atoms with van der Waals surface area (Å²) in [5.74, 6) is 0.653. The van der Waals surface area contributed by atoms with Crippen LogP contribution in [0.3, 0.4) is 0 Å². The lowest BCUT2D eigenvalue weighted by molar-refractivity contribution is -0.134. The van der Waals surface area contributed by atoms with Crippen molar-refractivity contribution in [3.8, 4) is 5.75 Å². The van der Waals surface area contributed by atoms with E-state index in [-0.39, 0.29) is 5.78 Å². The van der Waals surface area contributed by atoms with Gasteiger partial charge in [-0.2, -0.15) is 0 Å². The molecule has 1 aliphatic carbocycles. The summed E-state index contributed by atoms with van der Waals surface area (Å²) in [6, 6.07) is 7.03. The number of aliphatic hydroxyl groups is 1. The van der Waals surface area contributed by atoms with E-state index in [1.807, 2.05) is 0 Å². The van der Waals surface area contributed by atoms with Crippen LogP contribution in [-0.4, -0.2) is 18.0 Å². The second kappa shape index (κ2) is 3.66. The Hall–Kier alpha value is -1.35. The molecule has 0 saturated heterocycles. The predicted octanol–water partition coefficient (Wildman–Crippen LogP) is 1.64. The van der Waals surface area contributed by atoms with E-state index in [0.29, 0.717) is 18.4 Å². The maximum Gasteiger partial charge on any atom is 0.168 e. The smallest absolute Gasteiger partial charge is 0.168 e. The van der Waals surface area contributed by atoms with Crippen LogP contribution in [0, 0.1) is 0 Å². The van der Waals surface area contributed by atoms with E-state index in [0.717, 1.165) is 12.2 Å². The van der Waals surface area contributed by atoms with Crippen molar-refractivity contribution in [2.45, 2.75) is 24.9 Å². The molecule has 0 aliphatic heterocycles. The van der Waals surface area contributed by atoms with E-state index >= 15 is 0 Å². The highest BCUT2D eigenvalue weighted by Gasteiger charge is 2.41. The molecule has 1 fully saturated rings. The van der Waals surface area contributed by atoms with E-state index in [1.165, 1.54) is 0 Å². The Kier molecular flexibility index (Phi) is 2.49. The van der Waals surface area contributed by atoms with Gasteiger partial charge in [0.2, 0.25) is 0 Å². The Morgan fingerprint density at radius 2 is 2.00 bits per heavy atom. The molecule has 0 aromatic heterocycles. The zero-order chi connectivity index (χ0) is 10.9. The van der Waals surface area contributed by atoms with Crippen LogP contribution in [0.1, 0.15) is 24.8 Å². The van der Waals surface area contributed by atoms with Crippen molar-refractivity contribution < 1.29 is 14.6 Å². The van der Waals surface area contributed by atoms with Gasteiger partial charge in [-0.1, -0.05) is 12.1 Å². The molecule has 80 valence electrons. The average Bonchev–Trinajstić information content (AvgIpc) is 2.61. The van der Waals surface area contributed by atoms with Crippen LogP contribution >= 0.6 is 0 Å². The lowest BCUT2D eigenvalue weighted by Gasteiger charge is -2.21. The fourth-order valence-electron chi connectivity index (χ4n) is 2.02. The van der Waals surface area contributed by atoms with Crippen LogP contribution in [0.25, 0.3) is 0 Å². The van der Waals surface area contributed by atoms with Crippen LogP contribution in [0.5, 0.6) is 5.75 Å². The van der Waals surface area contributed by atoms with Crippen LogP contribution in [0.2, 0.25) is 0 Å². The zero-order valence-corrected chi connectivity index (χ0v) is 8.69. The van der Waals surface area contributed by atoms with Gasteiger partial charge < -0.3 is 9.84 Å². The summed E-state index contributed by atoms with van der Waals surface area (Å²) in [7, 11) is 1.59. The van der Waals surface area contributed by atoms with E-state index in [2.05, 4.69) is 0 Å². The van der Waals surface area contributed by atoms with Gasteiger partial charge in [-0.3, -0.25) is 4.79 Å². The fourth-order valence-corrected chi connectivity index (χ4v) is 2.02. The first kappa shape index (κ1) is 10.2. The average molecular weight is 206 g/mol. The number of benzene rings is 1. The molecule has 1 saturated carbocycles. The summed E-state index contributed by atoms with van der Waals surface area (Å²) in [6.45, 7) is 0. The highest BCUT2D eigenvalue weighted by Crippen LogP contribution is 2.36. The molecule has 2 rings (SSSR count). The molecule has 1 N–H and O–H groups in total.